The Morgan fingerprint density at radius 1 is 1.15 bits per heavy atom. The number of amides is 1. The van der Waals surface area contributed by atoms with Crippen LogP contribution in [0.15, 0.2) is 71.3 Å². The third kappa shape index (κ3) is 5.83. The Balaban J connectivity index is 1.63. The summed E-state index contributed by atoms with van der Waals surface area (Å²) in [5, 5.41) is 8.70. The molecule has 0 saturated heterocycles. The second kappa shape index (κ2) is 10.6. The largest absolute Gasteiger partial charge is 0.481 e. The molecular weight excluding hydrogens is 418 g/mol. The first-order valence-corrected chi connectivity index (χ1v) is 10.4. The summed E-state index contributed by atoms with van der Waals surface area (Å²) in [5.74, 6) is 4.77. The van der Waals surface area contributed by atoms with Crippen LogP contribution in [0.1, 0.15) is 47.0 Å². The van der Waals surface area contributed by atoms with Crippen LogP contribution >= 0.6 is 0 Å². The second-order valence-electron chi connectivity index (χ2n) is 7.23. The summed E-state index contributed by atoms with van der Waals surface area (Å²) >= 11 is 0. The van der Waals surface area contributed by atoms with E-state index in [1.165, 1.54) is 6.26 Å². The van der Waals surface area contributed by atoms with Gasteiger partial charge in [-0.3, -0.25) is 9.59 Å². The van der Waals surface area contributed by atoms with Crippen LogP contribution in [0.2, 0.25) is 0 Å². The zero-order valence-corrected chi connectivity index (χ0v) is 17.8. The summed E-state index contributed by atoms with van der Waals surface area (Å²) in [6, 6.07) is 14.8. The van der Waals surface area contributed by atoms with E-state index in [0.717, 1.165) is 4.90 Å². The smallest absolute Gasteiger partial charge is 0.304 e. The van der Waals surface area contributed by atoms with Gasteiger partial charge >= 0.3 is 5.97 Å². The summed E-state index contributed by atoms with van der Waals surface area (Å²) in [6.07, 6.45) is -2.07. The van der Waals surface area contributed by atoms with Gasteiger partial charge in [-0.1, -0.05) is 48.2 Å². The highest BCUT2D eigenvalue weighted by Gasteiger charge is 2.34. The molecule has 4 rings (SSSR count). The van der Waals surface area contributed by atoms with Gasteiger partial charge in [0.1, 0.15) is 18.1 Å². The molecule has 2 atom stereocenters. The minimum absolute atomic E-state index is 0.0141. The molecule has 1 aliphatic rings. The quantitative estimate of drug-likeness (QED) is 0.467. The first-order chi connectivity index (χ1) is 17.7. The van der Waals surface area contributed by atoms with Gasteiger partial charge in [-0.05, 0) is 37.0 Å². The van der Waals surface area contributed by atoms with Crippen molar-refractivity contribution < 1.29 is 29.3 Å². The van der Waals surface area contributed by atoms with E-state index in [-0.39, 0.29) is 31.6 Å². The number of carbonyl (C=O) groups excluding carboxylic acids is 1. The van der Waals surface area contributed by atoms with E-state index in [9.17, 15) is 9.59 Å². The van der Waals surface area contributed by atoms with Crippen molar-refractivity contribution in [3.8, 4) is 28.9 Å². The molecule has 6 heteroatoms. The van der Waals surface area contributed by atoms with Crippen LogP contribution in [0.25, 0.3) is 11.3 Å². The molecule has 0 bridgehead atoms. The summed E-state index contributed by atoms with van der Waals surface area (Å²) < 4.78 is 44.6. The highest BCUT2D eigenvalue weighted by molar-refractivity contribution is 6.00. The number of aliphatic carboxylic acids is 1. The first kappa shape index (κ1) is 17.6. The predicted molar refractivity (Wildman–Crippen MR) is 124 cm³/mol. The van der Waals surface area contributed by atoms with E-state index in [1.54, 1.807) is 60.7 Å². The van der Waals surface area contributed by atoms with Crippen molar-refractivity contribution in [1.82, 2.24) is 4.90 Å². The van der Waals surface area contributed by atoms with Crippen LogP contribution in [0.4, 0.5) is 0 Å². The first-order valence-electron chi connectivity index (χ1n) is 12.5. The monoisotopic (exact) mass is 447 g/mol. The maximum Gasteiger partial charge on any atom is 0.304 e. The molecule has 1 heterocycles. The third-order valence-corrected chi connectivity index (χ3v) is 4.94. The number of benzene rings is 2. The van der Waals surface area contributed by atoms with Crippen molar-refractivity contribution in [2.24, 2.45) is 0 Å². The lowest BCUT2D eigenvalue weighted by Gasteiger charge is -2.24. The zero-order valence-electron chi connectivity index (χ0n) is 21.8. The van der Waals surface area contributed by atoms with Gasteiger partial charge in [-0.25, -0.2) is 0 Å². The predicted octanol–water partition coefficient (Wildman–Crippen LogP) is 5.00. The zero-order chi connectivity index (χ0) is 26.6. The average molecular weight is 448 g/mol. The van der Waals surface area contributed by atoms with Crippen molar-refractivity contribution in [3.63, 3.8) is 0 Å². The van der Waals surface area contributed by atoms with Gasteiger partial charge in [0, 0.05) is 34.2 Å². The highest BCUT2D eigenvalue weighted by Crippen LogP contribution is 2.34. The molecule has 1 aliphatic carbocycles. The Hall–Kier alpha value is -3.98. The lowest BCUT2D eigenvalue weighted by molar-refractivity contribution is -0.136. The molecule has 1 aromatic heterocycles. The van der Waals surface area contributed by atoms with Crippen LogP contribution in [-0.2, 0) is 11.3 Å². The minimum atomic E-state index is -2.23. The molecule has 2 unspecified atom stereocenters. The molecule has 1 N–H and O–H groups in total. The van der Waals surface area contributed by atoms with Gasteiger partial charge in [0.25, 0.3) is 5.91 Å². The fourth-order valence-corrected chi connectivity index (χ4v) is 3.28. The van der Waals surface area contributed by atoms with Gasteiger partial charge in [0.2, 0.25) is 0 Å². The average Bonchev–Trinajstić information content (AvgIpc) is 3.27. The van der Waals surface area contributed by atoms with Crippen LogP contribution in [0.3, 0.4) is 0 Å². The van der Waals surface area contributed by atoms with Gasteiger partial charge in [0.05, 0.1) is 19.6 Å². The number of furan rings is 1. The van der Waals surface area contributed by atoms with E-state index < -0.39 is 30.7 Å². The Morgan fingerprint density at radius 3 is 2.70 bits per heavy atom. The van der Waals surface area contributed by atoms with Crippen LogP contribution in [0.5, 0.6) is 5.75 Å². The molecule has 1 amide bonds. The van der Waals surface area contributed by atoms with E-state index in [4.69, 9.17) is 19.7 Å². The van der Waals surface area contributed by atoms with Crippen LogP contribution < -0.4 is 4.74 Å². The van der Waals surface area contributed by atoms with E-state index in [0.29, 0.717) is 22.6 Å². The van der Waals surface area contributed by atoms with Gasteiger partial charge in [-0.15, -0.1) is 0 Å². The summed E-state index contributed by atoms with van der Waals surface area (Å²) in [6.45, 7) is -0.188. The van der Waals surface area contributed by atoms with Crippen molar-refractivity contribution in [2.45, 2.75) is 38.2 Å². The Bertz CT molecular complexity index is 1350. The molecule has 2 aromatic carbocycles. The highest BCUT2D eigenvalue weighted by atomic mass is 16.5. The molecule has 6 nitrogen and oxygen atoms in total. The molecular formula is C27H25NO5. The van der Waals surface area contributed by atoms with Crippen LogP contribution in [-0.4, -0.2) is 34.5 Å². The fraction of sp³-hybridized carbons (Fsp3) is 0.259. The lowest BCUT2D eigenvalue weighted by atomic mass is 10.0. The van der Waals surface area contributed by atoms with Gasteiger partial charge in [0.15, 0.2) is 0 Å². The van der Waals surface area contributed by atoms with E-state index >= 15 is 0 Å². The minimum Gasteiger partial charge on any atom is -0.481 e. The molecule has 0 aliphatic heterocycles. The lowest BCUT2D eigenvalue weighted by Crippen LogP contribution is -2.33. The van der Waals surface area contributed by atoms with Crippen molar-refractivity contribution in [2.75, 3.05) is 6.61 Å². The van der Waals surface area contributed by atoms with Crippen LogP contribution in [0, 0.1) is 11.8 Å². The number of para-hydroxylation sites is 1. The number of nitrogens with zero attached hydrogens (tertiary/aromatic N) is 1. The number of hydrogen-bond donors (Lipinski definition) is 1. The molecule has 0 radical (unpaired) electrons. The summed E-state index contributed by atoms with van der Waals surface area (Å²) in [4.78, 5) is 25.6. The van der Waals surface area contributed by atoms with Gasteiger partial charge < -0.3 is 19.2 Å². The Morgan fingerprint density at radius 2 is 1.94 bits per heavy atom. The third-order valence-electron chi connectivity index (χ3n) is 4.94. The summed E-state index contributed by atoms with van der Waals surface area (Å²) in [5.41, 5.74) is 1.23. The molecule has 33 heavy (non-hydrogen) atoms. The second-order valence-corrected chi connectivity index (χ2v) is 7.23. The number of carboxylic acid groups (broad SMARTS) is 1. The van der Waals surface area contributed by atoms with E-state index in [2.05, 4.69) is 11.8 Å². The molecule has 168 valence electrons. The maximum atomic E-state index is 13.9. The number of rotatable bonds is 9. The standard InChI is InChI=1S/C27H25NO5/c29-26(30)14-2-1-7-17-32-24-12-6-3-9-20(24)19-28(21-15-16-21)27(31)23-11-5-4-10-22(23)25-13-8-18-33-25/h3-6,8-13,18,21H,2,14-17,19H2,(H,29,30)/i15D,16D2,21D. The Kier molecular flexibility index (Phi) is 5.62. The Labute approximate surface area is 198 Å². The topological polar surface area (TPSA) is 80.0 Å². The van der Waals surface area contributed by atoms with Crippen molar-refractivity contribution in [1.29, 1.82) is 0 Å². The maximum absolute atomic E-state index is 13.9. The van der Waals surface area contributed by atoms with Crippen molar-refractivity contribution in [3.05, 3.63) is 78.1 Å². The van der Waals surface area contributed by atoms with Crippen molar-refractivity contribution >= 4 is 11.9 Å². The molecule has 1 fully saturated rings. The number of carboxylic acids is 1. The van der Waals surface area contributed by atoms with E-state index in [1.807, 2.05) is 0 Å². The molecule has 0 spiro atoms. The number of hydrogen-bond acceptors (Lipinski definition) is 4. The number of carbonyl (C=O) groups is 2. The molecule has 1 saturated carbocycles. The summed E-state index contributed by atoms with van der Waals surface area (Å²) in [7, 11) is 0. The van der Waals surface area contributed by atoms with Gasteiger partial charge in [-0.2, -0.15) is 0 Å². The normalized spacial score (nSPS) is 21.9. The molecule has 3 aromatic rings. The number of ether oxygens (including phenoxy) is 1. The fourth-order valence-electron chi connectivity index (χ4n) is 3.28. The SMILES string of the molecule is [2H]C1C([2H])([2H])C1([2H])N(Cc1ccccc1OCC#CCCC(=O)O)C(=O)c1ccccc1-c1ccco1.